The van der Waals surface area contributed by atoms with Gasteiger partial charge in [0.25, 0.3) is 0 Å². The molecule has 0 saturated carbocycles. The summed E-state index contributed by atoms with van der Waals surface area (Å²) in [5, 5.41) is 10.8. The van der Waals surface area contributed by atoms with Crippen LogP contribution in [0.1, 0.15) is 37.8 Å². The minimum Gasteiger partial charge on any atom is -0.357 e. The number of thiophene rings is 1. The van der Waals surface area contributed by atoms with Crippen molar-refractivity contribution >= 4 is 23.2 Å². The summed E-state index contributed by atoms with van der Waals surface area (Å²) in [5.41, 5.74) is 1.40. The average molecular weight is 378 g/mol. The van der Waals surface area contributed by atoms with Crippen molar-refractivity contribution < 1.29 is 4.79 Å². The van der Waals surface area contributed by atoms with Crippen molar-refractivity contribution in [1.29, 1.82) is 0 Å². The average Bonchev–Trinajstić information content (AvgIpc) is 3.25. The highest BCUT2D eigenvalue weighted by Crippen LogP contribution is 2.36. The lowest BCUT2D eigenvalue weighted by atomic mass is 9.79. The quantitative estimate of drug-likeness (QED) is 0.608. The Kier molecular flexibility index (Phi) is 6.19. The minimum absolute atomic E-state index is 0.0832. The summed E-state index contributed by atoms with van der Waals surface area (Å²) < 4.78 is 0. The highest BCUT2D eigenvalue weighted by Gasteiger charge is 2.42. The fraction of sp³-hybridized carbons (Fsp3) is 0.684. The molecule has 2 N–H and O–H groups in total. The second-order valence-electron chi connectivity index (χ2n) is 7.71. The first-order chi connectivity index (χ1) is 12.5. The first-order valence-electron chi connectivity index (χ1n) is 9.51. The SMILES string of the molecule is CCNC(=NCC(c1ccsc1)N(C)C)N1CCCC2(CNC(=O)C2)C1. The van der Waals surface area contributed by atoms with Gasteiger partial charge in [-0.1, -0.05) is 0 Å². The summed E-state index contributed by atoms with van der Waals surface area (Å²) in [7, 11) is 4.22. The van der Waals surface area contributed by atoms with Crippen LogP contribution in [0.3, 0.4) is 0 Å². The van der Waals surface area contributed by atoms with E-state index in [1.54, 1.807) is 11.3 Å². The maximum Gasteiger partial charge on any atom is 0.220 e. The van der Waals surface area contributed by atoms with Gasteiger partial charge in [0.1, 0.15) is 0 Å². The van der Waals surface area contributed by atoms with Gasteiger partial charge in [0, 0.05) is 38.0 Å². The molecule has 0 aliphatic carbocycles. The minimum atomic E-state index is 0.0832. The Morgan fingerprint density at radius 1 is 1.54 bits per heavy atom. The second-order valence-corrected chi connectivity index (χ2v) is 8.49. The summed E-state index contributed by atoms with van der Waals surface area (Å²) in [6.07, 6.45) is 2.88. The number of hydrogen-bond donors (Lipinski definition) is 2. The van der Waals surface area contributed by atoms with Gasteiger partial charge < -0.3 is 20.4 Å². The molecule has 3 heterocycles. The first kappa shape index (κ1) is 19.2. The molecule has 2 aliphatic rings. The van der Waals surface area contributed by atoms with Gasteiger partial charge in [-0.15, -0.1) is 0 Å². The molecule has 1 aromatic heterocycles. The number of hydrogen-bond acceptors (Lipinski definition) is 4. The topological polar surface area (TPSA) is 60.0 Å². The lowest BCUT2D eigenvalue weighted by molar-refractivity contribution is -0.119. The van der Waals surface area contributed by atoms with Crippen LogP contribution in [0.2, 0.25) is 0 Å². The molecule has 26 heavy (non-hydrogen) atoms. The van der Waals surface area contributed by atoms with E-state index in [2.05, 4.69) is 58.3 Å². The van der Waals surface area contributed by atoms with Crippen LogP contribution in [0.4, 0.5) is 0 Å². The second kappa shape index (κ2) is 8.39. The van der Waals surface area contributed by atoms with Crippen LogP contribution in [0.25, 0.3) is 0 Å². The number of nitrogens with zero attached hydrogens (tertiary/aromatic N) is 3. The van der Waals surface area contributed by atoms with E-state index >= 15 is 0 Å². The summed E-state index contributed by atoms with van der Waals surface area (Å²) in [6, 6.07) is 2.46. The maximum atomic E-state index is 11.8. The van der Waals surface area contributed by atoms with Crippen molar-refractivity contribution in [3.8, 4) is 0 Å². The van der Waals surface area contributed by atoms with Crippen molar-refractivity contribution in [3.05, 3.63) is 22.4 Å². The largest absolute Gasteiger partial charge is 0.357 e. The van der Waals surface area contributed by atoms with E-state index in [1.807, 2.05) is 0 Å². The molecule has 7 heteroatoms. The standard InChI is InChI=1S/C19H31N5OS/c1-4-20-18(21-11-16(23(2)3)15-6-9-26-12-15)24-8-5-7-19(14-24)10-17(25)22-13-19/h6,9,12,16H,4-5,7-8,10-11,13-14H2,1-3H3,(H,20,21)(H,22,25). The predicted molar refractivity (Wildman–Crippen MR) is 108 cm³/mol. The Hall–Kier alpha value is -1.60. The molecule has 144 valence electrons. The first-order valence-corrected chi connectivity index (χ1v) is 10.5. The Morgan fingerprint density at radius 3 is 3.00 bits per heavy atom. The summed E-state index contributed by atoms with van der Waals surface area (Å²) in [4.78, 5) is 21.3. The number of aliphatic imine (C=N–C) groups is 1. The highest BCUT2D eigenvalue weighted by molar-refractivity contribution is 7.07. The molecule has 1 spiro atoms. The van der Waals surface area contributed by atoms with Gasteiger partial charge in [0.05, 0.1) is 12.6 Å². The Morgan fingerprint density at radius 2 is 2.38 bits per heavy atom. The third-order valence-corrected chi connectivity index (χ3v) is 6.16. The zero-order chi connectivity index (χ0) is 18.6. The molecule has 0 aromatic carbocycles. The molecule has 2 unspecified atom stereocenters. The molecule has 1 aromatic rings. The molecule has 0 bridgehead atoms. The van der Waals surface area contributed by atoms with Crippen LogP contribution in [0.5, 0.6) is 0 Å². The monoisotopic (exact) mass is 377 g/mol. The van der Waals surface area contributed by atoms with Crippen molar-refractivity contribution in [2.45, 2.75) is 32.2 Å². The molecular formula is C19H31N5OS. The number of amides is 1. The van der Waals surface area contributed by atoms with E-state index in [4.69, 9.17) is 4.99 Å². The third-order valence-electron chi connectivity index (χ3n) is 5.46. The molecule has 3 rings (SSSR count). The van der Waals surface area contributed by atoms with Crippen LogP contribution in [0, 0.1) is 5.41 Å². The van der Waals surface area contributed by atoms with E-state index in [-0.39, 0.29) is 17.4 Å². The normalized spacial score (nSPS) is 25.0. The van der Waals surface area contributed by atoms with Crippen LogP contribution in [0.15, 0.2) is 21.8 Å². The van der Waals surface area contributed by atoms with Gasteiger partial charge in [-0.3, -0.25) is 9.79 Å². The van der Waals surface area contributed by atoms with Gasteiger partial charge in [-0.2, -0.15) is 11.3 Å². The lowest BCUT2D eigenvalue weighted by Crippen LogP contribution is -2.51. The number of likely N-dealkylation sites (tertiary alicyclic amines) is 1. The van der Waals surface area contributed by atoms with Crippen molar-refractivity contribution in [2.75, 3.05) is 46.8 Å². The summed E-state index contributed by atoms with van der Waals surface area (Å²) in [5.74, 6) is 1.17. The van der Waals surface area contributed by atoms with E-state index in [0.717, 1.165) is 51.5 Å². The number of likely N-dealkylation sites (N-methyl/N-ethyl adjacent to an activating group) is 1. The fourth-order valence-corrected chi connectivity index (χ4v) is 4.77. The molecule has 0 radical (unpaired) electrons. The van der Waals surface area contributed by atoms with Crippen LogP contribution < -0.4 is 10.6 Å². The summed E-state index contributed by atoms with van der Waals surface area (Å²) in [6.45, 7) is 6.40. The van der Waals surface area contributed by atoms with E-state index < -0.39 is 0 Å². The Labute approximate surface area is 160 Å². The number of carbonyl (C=O) groups excluding carboxylic acids is 1. The molecule has 2 fully saturated rings. The van der Waals surface area contributed by atoms with Gasteiger partial charge in [0.2, 0.25) is 5.91 Å². The molecular weight excluding hydrogens is 346 g/mol. The van der Waals surface area contributed by atoms with E-state index in [1.165, 1.54) is 5.56 Å². The smallest absolute Gasteiger partial charge is 0.220 e. The zero-order valence-corrected chi connectivity index (χ0v) is 16.9. The zero-order valence-electron chi connectivity index (χ0n) is 16.1. The van der Waals surface area contributed by atoms with Crippen LogP contribution in [-0.2, 0) is 4.79 Å². The lowest BCUT2D eigenvalue weighted by Gasteiger charge is -2.41. The number of piperidine rings is 1. The molecule has 1 amide bonds. The Balaban J connectivity index is 1.73. The van der Waals surface area contributed by atoms with Gasteiger partial charge in [0.15, 0.2) is 5.96 Å². The Bertz CT molecular complexity index is 630. The number of guanidine groups is 1. The summed E-state index contributed by atoms with van der Waals surface area (Å²) >= 11 is 1.73. The van der Waals surface area contributed by atoms with E-state index in [9.17, 15) is 4.79 Å². The van der Waals surface area contributed by atoms with Crippen LogP contribution >= 0.6 is 11.3 Å². The number of nitrogens with one attached hydrogen (secondary N) is 2. The van der Waals surface area contributed by atoms with Crippen LogP contribution in [-0.4, -0.2) is 68.5 Å². The molecule has 6 nitrogen and oxygen atoms in total. The van der Waals surface area contributed by atoms with Crippen molar-refractivity contribution in [3.63, 3.8) is 0 Å². The molecule has 2 atom stereocenters. The number of rotatable bonds is 5. The fourth-order valence-electron chi connectivity index (χ4n) is 4.06. The van der Waals surface area contributed by atoms with Gasteiger partial charge in [-0.25, -0.2) is 0 Å². The molecule has 2 saturated heterocycles. The third kappa shape index (κ3) is 4.38. The van der Waals surface area contributed by atoms with E-state index in [0.29, 0.717) is 6.42 Å². The maximum absolute atomic E-state index is 11.8. The molecule has 2 aliphatic heterocycles. The van der Waals surface area contributed by atoms with Crippen molar-refractivity contribution in [2.24, 2.45) is 10.4 Å². The van der Waals surface area contributed by atoms with Gasteiger partial charge >= 0.3 is 0 Å². The predicted octanol–water partition coefficient (Wildman–Crippen LogP) is 1.92. The number of carbonyl (C=O) groups is 1. The van der Waals surface area contributed by atoms with Gasteiger partial charge in [-0.05, 0) is 56.3 Å². The van der Waals surface area contributed by atoms with Crippen molar-refractivity contribution in [1.82, 2.24) is 20.4 Å². The highest BCUT2D eigenvalue weighted by atomic mass is 32.1.